The average Bonchev–Trinajstić information content (AvgIpc) is 2.87. The van der Waals surface area contributed by atoms with E-state index in [9.17, 15) is 9.00 Å². The Morgan fingerprint density at radius 2 is 1.67 bits per heavy atom. The molecule has 1 heterocycles. The van der Waals surface area contributed by atoms with Gasteiger partial charge >= 0.3 is 0 Å². The van der Waals surface area contributed by atoms with Crippen LogP contribution in [0.25, 0.3) is 0 Å². The molecule has 1 aromatic rings. The topological polar surface area (TPSA) is 65.6 Å². The molecule has 1 aliphatic heterocycles. The van der Waals surface area contributed by atoms with Crippen molar-refractivity contribution < 1.29 is 18.5 Å². The molecule has 3 rings (SSSR count). The van der Waals surface area contributed by atoms with Crippen LogP contribution in [0.1, 0.15) is 36.8 Å². The molecule has 36 heavy (non-hydrogen) atoms. The smallest absolute Gasteiger partial charge is 0.248 e. The lowest BCUT2D eigenvalue weighted by atomic mass is 9.85. The predicted octanol–water partition coefficient (Wildman–Crippen LogP) is 2.55. The third-order valence-corrected chi connectivity index (χ3v) is 9.51. The molecular weight excluding hydrogens is 476 g/mol. The lowest BCUT2D eigenvalue weighted by molar-refractivity contribution is -0.137. The fraction of sp³-hybridized carbons (Fsp3) is 0.741. The van der Waals surface area contributed by atoms with Crippen LogP contribution in [0.2, 0.25) is 0 Å². The first-order valence-corrected chi connectivity index (χ1v) is 14.3. The van der Waals surface area contributed by atoms with Crippen LogP contribution in [-0.4, -0.2) is 116 Å². The van der Waals surface area contributed by atoms with E-state index in [0.29, 0.717) is 19.2 Å². The fourth-order valence-corrected chi connectivity index (χ4v) is 6.53. The van der Waals surface area contributed by atoms with Gasteiger partial charge in [0.2, 0.25) is 5.91 Å². The van der Waals surface area contributed by atoms with Gasteiger partial charge in [-0.25, -0.2) is 8.51 Å². The molecule has 2 aliphatic rings. The number of ether oxygens (including phenoxy) is 2. The quantitative estimate of drug-likeness (QED) is 0.416. The molecule has 1 amide bonds. The Hall–Kier alpha value is -1.52. The van der Waals surface area contributed by atoms with Gasteiger partial charge in [0.1, 0.15) is 23.3 Å². The summed E-state index contributed by atoms with van der Waals surface area (Å²) in [5.41, 5.74) is 1.88. The van der Waals surface area contributed by atoms with Crippen molar-refractivity contribution in [3.8, 4) is 5.75 Å². The van der Waals surface area contributed by atoms with Crippen LogP contribution in [-0.2, 0) is 20.5 Å². The third kappa shape index (κ3) is 7.99. The van der Waals surface area contributed by atoms with E-state index in [1.54, 1.807) is 11.4 Å². The first-order valence-electron chi connectivity index (χ1n) is 13.2. The van der Waals surface area contributed by atoms with Gasteiger partial charge in [-0.3, -0.25) is 4.79 Å². The maximum atomic E-state index is 13.1. The number of amides is 1. The largest absolute Gasteiger partial charge is 0.497 e. The summed E-state index contributed by atoms with van der Waals surface area (Å²) >= 11 is 0. The molecule has 9 heteroatoms. The Morgan fingerprint density at radius 1 is 1.06 bits per heavy atom. The molecule has 0 radical (unpaired) electrons. The molecule has 1 saturated carbocycles. The molecule has 0 N–H and O–H groups in total. The SMILES string of the molecule is COc1cc(C)c(S(=O)N(C)CCOCC(=O)N(C)C2CCC(CN3CCN(C)CC3)CC2)c(C)c1. The number of benzene rings is 1. The summed E-state index contributed by atoms with van der Waals surface area (Å²) in [6.07, 6.45) is 4.53. The minimum absolute atomic E-state index is 0.0307. The van der Waals surface area contributed by atoms with Crippen molar-refractivity contribution >= 4 is 16.9 Å². The van der Waals surface area contributed by atoms with E-state index in [0.717, 1.165) is 40.5 Å². The summed E-state index contributed by atoms with van der Waals surface area (Å²) in [6.45, 7) is 10.7. The molecule has 0 bridgehead atoms. The number of methoxy groups -OCH3 is 1. The number of piperazine rings is 1. The summed E-state index contributed by atoms with van der Waals surface area (Å²) in [5.74, 6) is 1.55. The molecule has 1 aromatic carbocycles. The second-order valence-corrected chi connectivity index (χ2v) is 12.1. The average molecular weight is 523 g/mol. The van der Waals surface area contributed by atoms with Crippen LogP contribution in [0.15, 0.2) is 17.0 Å². The molecule has 1 unspecified atom stereocenters. The molecule has 8 nitrogen and oxygen atoms in total. The van der Waals surface area contributed by atoms with Crippen molar-refractivity contribution in [2.24, 2.45) is 5.92 Å². The fourth-order valence-electron chi connectivity index (χ4n) is 5.31. The van der Waals surface area contributed by atoms with Gasteiger partial charge in [0.15, 0.2) is 0 Å². The van der Waals surface area contributed by atoms with E-state index in [1.165, 1.54) is 45.6 Å². The number of likely N-dealkylation sites (N-methyl/N-ethyl adjacent to an activating group) is 3. The highest BCUT2D eigenvalue weighted by Crippen LogP contribution is 2.28. The Bertz CT molecular complexity index is 860. The maximum Gasteiger partial charge on any atom is 0.248 e. The third-order valence-electron chi connectivity index (χ3n) is 7.77. The van der Waals surface area contributed by atoms with Crippen LogP contribution < -0.4 is 4.74 Å². The highest BCUT2D eigenvalue weighted by atomic mass is 32.2. The second-order valence-electron chi connectivity index (χ2n) is 10.5. The summed E-state index contributed by atoms with van der Waals surface area (Å²) in [5, 5.41) is 0. The van der Waals surface area contributed by atoms with Crippen LogP contribution in [0.5, 0.6) is 5.75 Å². The number of aryl methyl sites for hydroxylation is 2. The van der Waals surface area contributed by atoms with Crippen molar-refractivity contribution in [3.63, 3.8) is 0 Å². The van der Waals surface area contributed by atoms with Gasteiger partial charge in [0.25, 0.3) is 0 Å². The number of hydrogen-bond donors (Lipinski definition) is 0. The predicted molar refractivity (Wildman–Crippen MR) is 145 cm³/mol. The van der Waals surface area contributed by atoms with Crippen molar-refractivity contribution in [1.82, 2.24) is 19.0 Å². The Balaban J connectivity index is 1.35. The summed E-state index contributed by atoms with van der Waals surface area (Å²) in [6, 6.07) is 4.11. The minimum atomic E-state index is -1.30. The molecule has 204 valence electrons. The maximum absolute atomic E-state index is 13.1. The van der Waals surface area contributed by atoms with E-state index in [-0.39, 0.29) is 12.5 Å². The molecule has 1 saturated heterocycles. The summed E-state index contributed by atoms with van der Waals surface area (Å²) in [4.78, 5) is 20.4. The standard InChI is InChI=1S/C27H46N4O4S/c1-21-17-25(34-6)18-22(2)27(21)36(33)29(4)15-16-35-20-26(32)30(5)24-9-7-23(8-10-24)19-31-13-11-28(3)12-14-31/h17-18,23-24H,7-16,19-20H2,1-6H3. The van der Waals surface area contributed by atoms with Crippen molar-refractivity contribution in [1.29, 1.82) is 0 Å². The van der Waals surface area contributed by atoms with Gasteiger partial charge in [0.05, 0.1) is 18.6 Å². The molecule has 0 spiro atoms. The summed E-state index contributed by atoms with van der Waals surface area (Å²) < 4.78 is 25.8. The number of nitrogens with zero attached hydrogens (tertiary/aromatic N) is 4. The highest BCUT2D eigenvalue weighted by Gasteiger charge is 2.28. The van der Waals surface area contributed by atoms with Crippen molar-refractivity contribution in [2.75, 3.05) is 80.7 Å². The Kier molecular flexibility index (Phi) is 11.2. The molecular formula is C27H46N4O4S. The molecule has 2 fully saturated rings. The zero-order valence-corrected chi connectivity index (χ0v) is 23.9. The van der Waals surface area contributed by atoms with Crippen LogP contribution in [0.3, 0.4) is 0 Å². The molecule has 0 aromatic heterocycles. The molecule has 1 atom stereocenters. The van der Waals surface area contributed by atoms with E-state index < -0.39 is 11.0 Å². The lowest BCUT2D eigenvalue weighted by Gasteiger charge is -2.38. The first-order chi connectivity index (χ1) is 17.2. The van der Waals surface area contributed by atoms with Gasteiger partial charge in [-0.2, -0.15) is 0 Å². The van der Waals surface area contributed by atoms with E-state index in [4.69, 9.17) is 9.47 Å². The van der Waals surface area contributed by atoms with Gasteiger partial charge in [-0.05, 0) is 75.8 Å². The normalized spacial score (nSPS) is 22.5. The number of hydrogen-bond acceptors (Lipinski definition) is 6. The Morgan fingerprint density at radius 3 is 2.25 bits per heavy atom. The van der Waals surface area contributed by atoms with Gasteiger partial charge in [-0.1, -0.05) is 0 Å². The summed E-state index contributed by atoms with van der Waals surface area (Å²) in [7, 11) is 6.26. The van der Waals surface area contributed by atoms with Crippen molar-refractivity contribution in [3.05, 3.63) is 23.3 Å². The van der Waals surface area contributed by atoms with Crippen LogP contribution in [0, 0.1) is 19.8 Å². The zero-order chi connectivity index (χ0) is 26.2. The van der Waals surface area contributed by atoms with Gasteiger partial charge in [0, 0.05) is 59.4 Å². The van der Waals surface area contributed by atoms with E-state index >= 15 is 0 Å². The number of carbonyl (C=O) groups excluding carboxylic acids is 1. The number of rotatable bonds is 11. The monoisotopic (exact) mass is 522 g/mol. The van der Waals surface area contributed by atoms with Gasteiger partial charge in [-0.15, -0.1) is 0 Å². The van der Waals surface area contributed by atoms with Gasteiger partial charge < -0.3 is 24.2 Å². The Labute approximate surface area is 220 Å². The van der Waals surface area contributed by atoms with Crippen LogP contribution in [0.4, 0.5) is 0 Å². The second kappa shape index (κ2) is 13.9. The lowest BCUT2D eigenvalue weighted by Crippen LogP contribution is -2.47. The number of carbonyl (C=O) groups is 1. The minimum Gasteiger partial charge on any atom is -0.497 e. The highest BCUT2D eigenvalue weighted by molar-refractivity contribution is 7.82. The first kappa shape index (κ1) is 29.0. The van der Waals surface area contributed by atoms with E-state index in [2.05, 4.69) is 16.8 Å². The molecule has 1 aliphatic carbocycles. The van der Waals surface area contributed by atoms with Crippen molar-refractivity contribution in [2.45, 2.75) is 50.5 Å². The van der Waals surface area contributed by atoms with E-state index in [1.807, 2.05) is 45.0 Å². The zero-order valence-electron chi connectivity index (χ0n) is 23.1. The van der Waals surface area contributed by atoms with Crippen LogP contribution >= 0.6 is 0 Å².